The number of rotatable bonds is 7. The summed E-state index contributed by atoms with van der Waals surface area (Å²) < 4.78 is 2.30. The number of hydrogen-bond acceptors (Lipinski definition) is 4. The first-order chi connectivity index (χ1) is 9.29. The van der Waals surface area contributed by atoms with E-state index in [-0.39, 0.29) is 11.3 Å². The SMILES string of the molecule is CC(I)NCCCn1cc(CNC(=O)C(C)(C)C)nn1. The maximum Gasteiger partial charge on any atom is 0.225 e. The van der Waals surface area contributed by atoms with Crippen molar-refractivity contribution >= 4 is 28.5 Å². The van der Waals surface area contributed by atoms with Gasteiger partial charge in [0.05, 0.1) is 16.8 Å². The third-order valence-electron chi connectivity index (χ3n) is 2.69. The fourth-order valence-corrected chi connectivity index (χ4v) is 1.82. The van der Waals surface area contributed by atoms with Crippen molar-refractivity contribution in [1.29, 1.82) is 0 Å². The van der Waals surface area contributed by atoms with Crippen molar-refractivity contribution in [2.24, 2.45) is 5.41 Å². The lowest BCUT2D eigenvalue weighted by Crippen LogP contribution is -2.34. The lowest BCUT2D eigenvalue weighted by molar-refractivity contribution is -0.128. The molecule has 0 aliphatic rings. The molecule has 0 saturated heterocycles. The highest BCUT2D eigenvalue weighted by Crippen LogP contribution is 2.12. The minimum absolute atomic E-state index is 0.0206. The number of nitrogens with zero attached hydrogens (tertiary/aromatic N) is 3. The Balaban J connectivity index is 2.31. The van der Waals surface area contributed by atoms with Crippen molar-refractivity contribution in [1.82, 2.24) is 25.6 Å². The summed E-state index contributed by atoms with van der Waals surface area (Å²) in [5.74, 6) is 0.0206. The number of aromatic nitrogens is 3. The van der Waals surface area contributed by atoms with Gasteiger partial charge in [-0.25, -0.2) is 0 Å². The smallest absolute Gasteiger partial charge is 0.225 e. The monoisotopic (exact) mass is 393 g/mol. The normalized spacial score (nSPS) is 13.2. The summed E-state index contributed by atoms with van der Waals surface area (Å²) in [4.78, 5) is 11.7. The molecule has 0 aliphatic carbocycles. The Morgan fingerprint density at radius 2 is 2.20 bits per heavy atom. The molecule has 0 saturated carbocycles. The minimum Gasteiger partial charge on any atom is -0.350 e. The molecule has 0 radical (unpaired) electrons. The van der Waals surface area contributed by atoms with Gasteiger partial charge in [-0.05, 0) is 19.9 Å². The number of alkyl halides is 1. The van der Waals surface area contributed by atoms with Gasteiger partial charge in [-0.2, -0.15) is 0 Å². The number of amides is 1. The molecule has 0 aromatic carbocycles. The molecule has 1 amide bonds. The van der Waals surface area contributed by atoms with E-state index in [4.69, 9.17) is 0 Å². The van der Waals surface area contributed by atoms with E-state index < -0.39 is 0 Å². The molecule has 6 nitrogen and oxygen atoms in total. The second kappa shape index (κ2) is 7.92. The first kappa shape index (κ1) is 17.4. The Hall–Kier alpha value is -0.700. The van der Waals surface area contributed by atoms with Crippen LogP contribution in [0.25, 0.3) is 0 Å². The number of halogens is 1. The molecule has 1 rings (SSSR count). The largest absolute Gasteiger partial charge is 0.350 e. The van der Waals surface area contributed by atoms with E-state index in [9.17, 15) is 4.79 Å². The highest BCUT2D eigenvalue weighted by atomic mass is 127. The highest BCUT2D eigenvalue weighted by Gasteiger charge is 2.20. The maximum absolute atomic E-state index is 11.7. The van der Waals surface area contributed by atoms with Gasteiger partial charge in [-0.1, -0.05) is 48.6 Å². The third-order valence-corrected chi connectivity index (χ3v) is 3.13. The fraction of sp³-hybridized carbons (Fsp3) is 0.769. The summed E-state index contributed by atoms with van der Waals surface area (Å²) >= 11 is 2.34. The molecule has 1 heterocycles. The fourth-order valence-electron chi connectivity index (χ4n) is 1.51. The second-order valence-electron chi connectivity index (χ2n) is 5.83. The van der Waals surface area contributed by atoms with E-state index in [1.54, 1.807) is 0 Å². The Kier molecular flexibility index (Phi) is 6.87. The van der Waals surface area contributed by atoms with Crippen LogP contribution in [0.1, 0.15) is 39.8 Å². The molecule has 20 heavy (non-hydrogen) atoms. The summed E-state index contributed by atoms with van der Waals surface area (Å²) in [5, 5.41) is 14.3. The molecular weight excluding hydrogens is 369 g/mol. The van der Waals surface area contributed by atoms with Crippen LogP contribution in [0.4, 0.5) is 0 Å². The van der Waals surface area contributed by atoms with Gasteiger partial charge in [-0.3, -0.25) is 9.48 Å². The zero-order chi connectivity index (χ0) is 15.2. The zero-order valence-corrected chi connectivity index (χ0v) is 14.8. The van der Waals surface area contributed by atoms with Crippen molar-refractivity contribution in [3.05, 3.63) is 11.9 Å². The molecule has 0 spiro atoms. The first-order valence-corrected chi connectivity index (χ1v) is 8.08. The molecule has 7 heteroatoms. The van der Waals surface area contributed by atoms with Crippen molar-refractivity contribution < 1.29 is 4.79 Å². The average molecular weight is 393 g/mol. The van der Waals surface area contributed by atoms with Gasteiger partial charge in [0.2, 0.25) is 5.91 Å². The molecule has 1 aromatic rings. The van der Waals surface area contributed by atoms with E-state index in [1.165, 1.54) is 0 Å². The van der Waals surface area contributed by atoms with E-state index in [0.717, 1.165) is 25.2 Å². The molecule has 1 aromatic heterocycles. The molecule has 0 aliphatic heterocycles. The van der Waals surface area contributed by atoms with E-state index in [0.29, 0.717) is 10.6 Å². The van der Waals surface area contributed by atoms with Gasteiger partial charge in [-0.15, -0.1) is 5.10 Å². The summed E-state index contributed by atoms with van der Waals surface area (Å²) in [7, 11) is 0. The predicted molar refractivity (Wildman–Crippen MR) is 87.4 cm³/mol. The molecule has 0 bridgehead atoms. The molecule has 0 fully saturated rings. The maximum atomic E-state index is 11.7. The topological polar surface area (TPSA) is 71.8 Å². The van der Waals surface area contributed by atoms with Crippen LogP contribution in [0.15, 0.2) is 6.20 Å². The summed E-state index contributed by atoms with van der Waals surface area (Å²) in [6, 6.07) is 0. The summed E-state index contributed by atoms with van der Waals surface area (Å²) in [6.45, 7) is 10.0. The summed E-state index contributed by atoms with van der Waals surface area (Å²) in [6.07, 6.45) is 2.89. The zero-order valence-electron chi connectivity index (χ0n) is 12.6. The number of carbonyl (C=O) groups is 1. The van der Waals surface area contributed by atoms with Gasteiger partial charge in [0.1, 0.15) is 5.69 Å². The quantitative estimate of drug-likeness (QED) is 0.320. The van der Waals surface area contributed by atoms with Crippen LogP contribution in [-0.2, 0) is 17.9 Å². The van der Waals surface area contributed by atoms with Crippen LogP contribution in [0.5, 0.6) is 0 Å². The standard InChI is InChI=1S/C13H24IN5O/c1-10(14)15-6-5-7-19-9-11(17-18-19)8-16-12(20)13(2,3)4/h9-10,15H,5-8H2,1-4H3,(H,16,20). The van der Waals surface area contributed by atoms with Crippen LogP contribution in [0, 0.1) is 5.41 Å². The van der Waals surface area contributed by atoms with Crippen molar-refractivity contribution in [3.63, 3.8) is 0 Å². The van der Waals surface area contributed by atoms with Gasteiger partial charge < -0.3 is 10.6 Å². The molecule has 1 atom stereocenters. The minimum atomic E-state index is -0.377. The predicted octanol–water partition coefficient (Wildman–Crippen LogP) is 1.70. The van der Waals surface area contributed by atoms with Crippen molar-refractivity contribution in [2.75, 3.05) is 6.54 Å². The molecular formula is C13H24IN5O. The van der Waals surface area contributed by atoms with E-state index in [2.05, 4.69) is 50.5 Å². The number of nitrogens with one attached hydrogen (secondary N) is 2. The lowest BCUT2D eigenvalue weighted by atomic mass is 9.96. The van der Waals surface area contributed by atoms with Crippen LogP contribution in [0.3, 0.4) is 0 Å². The lowest BCUT2D eigenvalue weighted by Gasteiger charge is -2.16. The molecule has 2 N–H and O–H groups in total. The van der Waals surface area contributed by atoms with Crippen LogP contribution >= 0.6 is 22.6 Å². The highest BCUT2D eigenvalue weighted by molar-refractivity contribution is 14.1. The van der Waals surface area contributed by atoms with E-state index in [1.807, 2.05) is 31.6 Å². The van der Waals surface area contributed by atoms with Crippen LogP contribution in [-0.4, -0.2) is 31.5 Å². The van der Waals surface area contributed by atoms with Gasteiger partial charge in [0.25, 0.3) is 0 Å². The number of carbonyl (C=O) groups excluding carboxylic acids is 1. The number of aryl methyl sites for hydroxylation is 1. The Labute approximate surface area is 134 Å². The van der Waals surface area contributed by atoms with Crippen LogP contribution < -0.4 is 10.6 Å². The van der Waals surface area contributed by atoms with Crippen LogP contribution in [0.2, 0.25) is 0 Å². The molecule has 114 valence electrons. The Bertz CT molecular complexity index is 425. The first-order valence-electron chi connectivity index (χ1n) is 6.84. The van der Waals surface area contributed by atoms with E-state index >= 15 is 0 Å². The second-order valence-corrected chi connectivity index (χ2v) is 7.70. The van der Waals surface area contributed by atoms with Gasteiger partial charge in [0.15, 0.2) is 0 Å². The molecule has 1 unspecified atom stereocenters. The van der Waals surface area contributed by atoms with Gasteiger partial charge in [0, 0.05) is 12.0 Å². The summed E-state index contributed by atoms with van der Waals surface area (Å²) in [5.41, 5.74) is 0.412. The van der Waals surface area contributed by atoms with Crippen molar-refractivity contribution in [3.8, 4) is 0 Å². The van der Waals surface area contributed by atoms with Gasteiger partial charge >= 0.3 is 0 Å². The Morgan fingerprint density at radius 3 is 2.80 bits per heavy atom. The third kappa shape index (κ3) is 6.65. The average Bonchev–Trinajstić information content (AvgIpc) is 2.78. The Morgan fingerprint density at radius 1 is 1.50 bits per heavy atom. The van der Waals surface area contributed by atoms with Crippen molar-refractivity contribution in [2.45, 2.75) is 51.3 Å². The number of hydrogen-bond donors (Lipinski definition) is 2.